The summed E-state index contributed by atoms with van der Waals surface area (Å²) >= 11 is 0. The van der Waals surface area contributed by atoms with Gasteiger partial charge in [0.25, 0.3) is 0 Å². The van der Waals surface area contributed by atoms with Crippen molar-refractivity contribution in [1.82, 2.24) is 0 Å². The zero-order valence-corrected chi connectivity index (χ0v) is 16.0. The first-order valence-corrected chi connectivity index (χ1v) is 9.89. The van der Waals surface area contributed by atoms with Crippen molar-refractivity contribution < 1.29 is 29.2 Å². The Labute approximate surface area is 151 Å². The average molecular weight is 360 g/mol. The summed E-state index contributed by atoms with van der Waals surface area (Å²) in [6, 6.07) is 0. The van der Waals surface area contributed by atoms with Gasteiger partial charge in [0.15, 0.2) is 12.1 Å². The number of aliphatic hydroxyl groups is 2. The lowest BCUT2D eigenvalue weighted by molar-refractivity contribution is -0.381. The maximum atomic E-state index is 10.2. The third kappa shape index (κ3) is 6.45. The fraction of sp³-hybridized carbons (Fsp3) is 1.00. The number of unbranched alkanes of at least 4 members (excludes halogenated alkanes) is 7. The molecule has 5 atom stereocenters. The molecule has 0 spiro atoms. The van der Waals surface area contributed by atoms with Crippen LogP contribution in [0.3, 0.4) is 0 Å². The van der Waals surface area contributed by atoms with E-state index in [-0.39, 0.29) is 0 Å². The second kappa shape index (κ2) is 10.2. The van der Waals surface area contributed by atoms with Gasteiger partial charge in [-0.1, -0.05) is 51.9 Å². The molecule has 0 aromatic heterocycles. The maximum absolute atomic E-state index is 10.2. The molecule has 6 nitrogen and oxygen atoms in total. The van der Waals surface area contributed by atoms with Crippen LogP contribution in [0.2, 0.25) is 0 Å². The Morgan fingerprint density at radius 1 is 1.00 bits per heavy atom. The molecule has 0 bridgehead atoms. The minimum atomic E-state index is -1.27. The lowest BCUT2D eigenvalue weighted by atomic mass is 9.97. The molecule has 0 aromatic carbocycles. The zero-order valence-electron chi connectivity index (χ0n) is 16.0. The maximum Gasteiger partial charge on any atom is 0.184 e. The summed E-state index contributed by atoms with van der Waals surface area (Å²) in [5, 5.41) is 20.1. The van der Waals surface area contributed by atoms with Gasteiger partial charge >= 0.3 is 0 Å². The smallest absolute Gasteiger partial charge is 0.184 e. The summed E-state index contributed by atoms with van der Waals surface area (Å²) in [6.07, 6.45) is 5.99. The largest absolute Gasteiger partial charge is 0.385 e. The van der Waals surface area contributed by atoms with Crippen molar-refractivity contribution in [1.29, 1.82) is 0 Å². The predicted octanol–water partition coefficient (Wildman–Crippen LogP) is 2.74. The molecule has 2 N–H and O–H groups in total. The van der Waals surface area contributed by atoms with E-state index in [2.05, 4.69) is 6.92 Å². The van der Waals surface area contributed by atoms with E-state index in [1.165, 1.54) is 38.5 Å². The normalized spacial score (nSPS) is 34.7. The van der Waals surface area contributed by atoms with Crippen LogP contribution in [0.25, 0.3) is 0 Å². The van der Waals surface area contributed by atoms with Crippen molar-refractivity contribution >= 4 is 0 Å². The Bertz CT molecular complexity index is 375. The number of hydrogen-bond acceptors (Lipinski definition) is 6. The van der Waals surface area contributed by atoms with Crippen molar-refractivity contribution in [2.75, 3.05) is 13.2 Å². The van der Waals surface area contributed by atoms with Gasteiger partial charge in [-0.3, -0.25) is 0 Å². The van der Waals surface area contributed by atoms with Gasteiger partial charge in [0.2, 0.25) is 0 Å². The highest BCUT2D eigenvalue weighted by molar-refractivity contribution is 4.94. The van der Waals surface area contributed by atoms with Crippen LogP contribution in [-0.4, -0.2) is 59.9 Å². The molecule has 0 aromatic rings. The Hall–Kier alpha value is -0.240. The van der Waals surface area contributed by atoms with Crippen LogP contribution in [0.15, 0.2) is 0 Å². The van der Waals surface area contributed by atoms with Crippen LogP contribution in [0, 0.1) is 0 Å². The Morgan fingerprint density at radius 3 is 2.32 bits per heavy atom. The summed E-state index contributed by atoms with van der Waals surface area (Å²) in [5.41, 5.74) is 0. The van der Waals surface area contributed by atoms with Crippen LogP contribution in [0.4, 0.5) is 0 Å². The number of hydrogen-bond donors (Lipinski definition) is 2. The second-order valence-electron chi connectivity index (χ2n) is 7.66. The molecule has 0 saturated carbocycles. The predicted molar refractivity (Wildman–Crippen MR) is 94.1 cm³/mol. The van der Waals surface area contributed by atoms with Crippen LogP contribution in [0.1, 0.15) is 72.1 Å². The molecule has 0 aliphatic carbocycles. The van der Waals surface area contributed by atoms with Crippen molar-refractivity contribution in [2.24, 2.45) is 0 Å². The molecule has 2 rings (SSSR count). The number of aliphatic hydroxyl groups excluding tert-OH is 2. The fourth-order valence-electron chi connectivity index (χ4n) is 3.48. The van der Waals surface area contributed by atoms with E-state index < -0.39 is 36.5 Å². The highest BCUT2D eigenvalue weighted by Crippen LogP contribution is 2.33. The van der Waals surface area contributed by atoms with Gasteiger partial charge < -0.3 is 29.2 Å². The van der Waals surface area contributed by atoms with Crippen LogP contribution < -0.4 is 0 Å². The van der Waals surface area contributed by atoms with Gasteiger partial charge in [0.05, 0.1) is 6.61 Å². The molecule has 2 aliphatic heterocycles. The minimum absolute atomic E-state index is 0.319. The van der Waals surface area contributed by atoms with Crippen LogP contribution >= 0.6 is 0 Å². The van der Waals surface area contributed by atoms with Crippen molar-refractivity contribution in [2.45, 2.75) is 109 Å². The Kier molecular flexibility index (Phi) is 8.58. The highest BCUT2D eigenvalue weighted by Gasteiger charge is 2.51. The van der Waals surface area contributed by atoms with E-state index in [1.807, 2.05) is 13.8 Å². The Balaban J connectivity index is 1.70. The molecule has 2 heterocycles. The summed E-state index contributed by atoms with van der Waals surface area (Å²) in [4.78, 5) is 0. The van der Waals surface area contributed by atoms with E-state index in [4.69, 9.17) is 18.9 Å². The lowest BCUT2D eigenvalue weighted by Gasteiger charge is -2.49. The van der Waals surface area contributed by atoms with Gasteiger partial charge in [-0.05, 0) is 20.3 Å². The third-order valence-corrected chi connectivity index (χ3v) is 4.96. The summed E-state index contributed by atoms with van der Waals surface area (Å²) in [6.45, 7) is 6.76. The van der Waals surface area contributed by atoms with Crippen LogP contribution in [0.5, 0.6) is 0 Å². The van der Waals surface area contributed by atoms with Gasteiger partial charge in [0, 0.05) is 6.61 Å². The highest BCUT2D eigenvalue weighted by atomic mass is 16.7. The van der Waals surface area contributed by atoms with Gasteiger partial charge in [-0.15, -0.1) is 0 Å². The molecular weight excluding hydrogens is 324 g/mol. The first-order valence-electron chi connectivity index (χ1n) is 9.89. The van der Waals surface area contributed by atoms with E-state index in [1.54, 1.807) is 0 Å². The molecular formula is C19H36O6. The Morgan fingerprint density at radius 2 is 1.64 bits per heavy atom. The molecule has 0 amide bonds. The zero-order chi connectivity index (χ0) is 18.3. The van der Waals surface area contributed by atoms with Gasteiger partial charge in [-0.25, -0.2) is 0 Å². The third-order valence-electron chi connectivity index (χ3n) is 4.96. The number of fused-ring (bicyclic) bond motifs is 1. The fourth-order valence-corrected chi connectivity index (χ4v) is 3.48. The topological polar surface area (TPSA) is 77.4 Å². The minimum Gasteiger partial charge on any atom is -0.385 e. The molecule has 1 unspecified atom stereocenters. The SMILES string of the molecule is CCCCCCCCCCO[C@H]1[C@@H]2OC(C)(C)OC[C@H]2OC(O)[C@@H]1O. The molecule has 0 radical (unpaired) electrons. The van der Waals surface area contributed by atoms with Crippen molar-refractivity contribution in [3.63, 3.8) is 0 Å². The number of ether oxygens (including phenoxy) is 4. The summed E-state index contributed by atoms with van der Waals surface area (Å²) in [5.74, 6) is -0.743. The molecule has 6 heteroatoms. The van der Waals surface area contributed by atoms with E-state index in [0.29, 0.717) is 13.2 Å². The summed E-state index contributed by atoms with van der Waals surface area (Å²) in [7, 11) is 0. The second-order valence-corrected chi connectivity index (χ2v) is 7.66. The average Bonchev–Trinajstić information content (AvgIpc) is 2.56. The van der Waals surface area contributed by atoms with Crippen molar-refractivity contribution in [3.05, 3.63) is 0 Å². The van der Waals surface area contributed by atoms with Gasteiger partial charge in [0.1, 0.15) is 24.4 Å². The first-order chi connectivity index (χ1) is 11.9. The van der Waals surface area contributed by atoms with Crippen molar-refractivity contribution in [3.8, 4) is 0 Å². The molecule has 148 valence electrons. The van der Waals surface area contributed by atoms with E-state index >= 15 is 0 Å². The lowest BCUT2D eigenvalue weighted by Crippen LogP contribution is -2.65. The van der Waals surface area contributed by atoms with E-state index in [0.717, 1.165) is 12.8 Å². The quantitative estimate of drug-likeness (QED) is 0.583. The first kappa shape index (κ1) is 21.1. The number of rotatable bonds is 10. The van der Waals surface area contributed by atoms with Gasteiger partial charge in [-0.2, -0.15) is 0 Å². The van der Waals surface area contributed by atoms with E-state index in [9.17, 15) is 10.2 Å². The molecule has 2 saturated heterocycles. The standard InChI is InChI=1S/C19H36O6/c1-4-5-6-7-8-9-10-11-12-22-17-15(20)18(21)24-14-13-23-19(2,3)25-16(14)17/h14-18,20-21H,4-13H2,1-3H3/t14-,15-,16-,17-,18?/m1/s1. The molecule has 2 fully saturated rings. The van der Waals surface area contributed by atoms with Crippen LogP contribution in [-0.2, 0) is 18.9 Å². The monoisotopic (exact) mass is 360 g/mol. The summed E-state index contributed by atoms with van der Waals surface area (Å²) < 4.78 is 22.8. The molecule has 2 aliphatic rings. The molecule has 25 heavy (non-hydrogen) atoms.